The van der Waals surface area contributed by atoms with Gasteiger partial charge in [-0.05, 0) is 258 Å². The van der Waals surface area contributed by atoms with E-state index in [1.807, 2.05) is 30.0 Å². The van der Waals surface area contributed by atoms with Crippen LogP contribution in [0.2, 0.25) is 0 Å². The zero-order valence-electron chi connectivity index (χ0n) is 85.5. The average Bonchev–Trinajstić information content (AvgIpc) is 1.40. The van der Waals surface area contributed by atoms with Gasteiger partial charge >= 0.3 is 0 Å². The van der Waals surface area contributed by atoms with Gasteiger partial charge in [0.2, 0.25) is 0 Å². The molecule has 0 bridgehead atoms. The number of hydrogen-bond acceptors (Lipinski definition) is 12. The number of rotatable bonds is 7. The minimum atomic E-state index is 0.186. The topological polar surface area (TPSA) is 140 Å². The van der Waals surface area contributed by atoms with Gasteiger partial charge < -0.3 is 39.9 Å². The summed E-state index contributed by atoms with van der Waals surface area (Å²) >= 11 is 1.94. The fourth-order valence-corrected chi connectivity index (χ4v) is 18.0. The van der Waals surface area contributed by atoms with Crippen LogP contribution < -0.4 is 34.9 Å². The summed E-state index contributed by atoms with van der Waals surface area (Å²) in [5.41, 5.74) is 38.2. The van der Waals surface area contributed by atoms with Crippen LogP contribution in [0.4, 0.5) is 22.7 Å². The standard InChI is InChI=1S/C19H23N.C18H18N2.C18H21NO.C18H19NO.C18H21NS.C18H20O2.C17H18N2/c1-19(2,3)17-9-6-14(7-10-17)15-8-11-18-16(13-15)5-4-12-20-18;5*1-18(2,3)15-7-4-13(5-8-15)14-6-9-16-17(12-14)20-11-10-19-16;1-17(2,3)14-7-4-12(5-8-14)13-6-9-15-16(10-13)19-11-18-15/h6-11,13,20H,4-5,12H2,1-3H3;4-12H,1-3H3;4-9,12,19H,10-11H2,1-3H3;4-10,12H,11H2,1-3H3;4-9,12,19H,10-11H2,1-3H3;4-9,12H,10-11H2,1-3H3;4-11H,1-3H3,(H,18,19). The number of imidazole rings is 1. The number of H-pyrrole nitrogens is 1. The molecule has 13 heteroatoms. The van der Waals surface area contributed by atoms with E-state index in [4.69, 9.17) is 18.9 Å². The van der Waals surface area contributed by atoms with Crippen molar-refractivity contribution in [2.24, 2.45) is 4.99 Å². The molecule has 2 aromatic heterocycles. The second-order valence-corrected chi connectivity index (χ2v) is 44.9. The predicted molar refractivity (Wildman–Crippen MR) is 591 cm³/mol. The number of aryl methyl sites for hydroxylation is 1. The smallest absolute Gasteiger partial charge is 0.161 e. The number of aromatic nitrogens is 4. The van der Waals surface area contributed by atoms with Crippen molar-refractivity contribution in [3.05, 3.63) is 360 Å². The molecule has 5 aliphatic heterocycles. The molecule has 0 radical (unpaired) electrons. The quantitative estimate of drug-likeness (QED) is 0.121. The van der Waals surface area contributed by atoms with Gasteiger partial charge in [0.15, 0.2) is 11.5 Å². The number of fused-ring (bicyclic) bond motifs is 7. The zero-order valence-corrected chi connectivity index (χ0v) is 86.3. The lowest BCUT2D eigenvalue weighted by atomic mass is 9.86. The monoisotopic (exact) mass is 1860 g/mol. The minimum Gasteiger partial charge on any atom is -0.490 e. The van der Waals surface area contributed by atoms with Crippen LogP contribution in [0.5, 0.6) is 23.0 Å². The fraction of sp³-hybridized carbons (Fsp3) is 0.302. The highest BCUT2D eigenvalue weighted by Crippen LogP contribution is 2.42. The Morgan fingerprint density at radius 3 is 1.09 bits per heavy atom. The number of aliphatic imine (C=N–C) groups is 1. The molecule has 21 rings (SSSR count). The molecule has 7 heterocycles. The summed E-state index contributed by atoms with van der Waals surface area (Å²) in [5, 5.41) is 10.3. The summed E-state index contributed by atoms with van der Waals surface area (Å²) in [5.74, 6) is 4.65. The Labute approximate surface area is 831 Å². The molecule has 0 atom stereocenters. The first-order valence-electron chi connectivity index (χ1n) is 49.3. The third-order valence-corrected chi connectivity index (χ3v) is 26.9. The van der Waals surface area contributed by atoms with Gasteiger partial charge in [0.1, 0.15) is 43.6 Å². The third kappa shape index (κ3) is 26.5. The van der Waals surface area contributed by atoms with E-state index >= 15 is 0 Å². The van der Waals surface area contributed by atoms with Crippen LogP contribution >= 0.6 is 11.8 Å². The maximum Gasteiger partial charge on any atom is 0.161 e. The van der Waals surface area contributed by atoms with Crippen molar-refractivity contribution in [2.45, 2.75) is 201 Å². The van der Waals surface area contributed by atoms with Gasteiger partial charge in [0.25, 0.3) is 0 Å². The van der Waals surface area contributed by atoms with Crippen molar-refractivity contribution in [3.8, 4) is 101 Å². The van der Waals surface area contributed by atoms with E-state index in [2.05, 4.69) is 465 Å². The highest BCUT2D eigenvalue weighted by Gasteiger charge is 2.24. The van der Waals surface area contributed by atoms with Crippen molar-refractivity contribution in [1.29, 1.82) is 0 Å². The van der Waals surface area contributed by atoms with Gasteiger partial charge in [-0.3, -0.25) is 15.0 Å². The molecule has 0 amide bonds. The lowest BCUT2D eigenvalue weighted by Crippen LogP contribution is -2.17. The number of hydrogen-bond donors (Lipinski definition) is 4. The Hall–Kier alpha value is -13.5. The highest BCUT2D eigenvalue weighted by atomic mass is 32.2. The van der Waals surface area contributed by atoms with Gasteiger partial charge in [0, 0.05) is 60.3 Å². The Morgan fingerprint density at radius 2 is 0.619 bits per heavy atom. The van der Waals surface area contributed by atoms with Crippen molar-refractivity contribution < 1.29 is 18.9 Å². The summed E-state index contributed by atoms with van der Waals surface area (Å²) < 4.78 is 22.5. The van der Waals surface area contributed by atoms with Gasteiger partial charge in [-0.2, -0.15) is 0 Å². The summed E-state index contributed by atoms with van der Waals surface area (Å²) in [7, 11) is 0. The van der Waals surface area contributed by atoms with Crippen LogP contribution in [0.1, 0.15) is 196 Å². The van der Waals surface area contributed by atoms with Crippen LogP contribution in [-0.2, 0) is 44.3 Å². The first-order valence-corrected chi connectivity index (χ1v) is 50.2. The van der Waals surface area contributed by atoms with E-state index in [0.717, 1.165) is 94.0 Å². The van der Waals surface area contributed by atoms with Crippen molar-refractivity contribution in [3.63, 3.8) is 0 Å². The van der Waals surface area contributed by atoms with E-state index < -0.39 is 0 Å². The molecule has 139 heavy (non-hydrogen) atoms. The number of ether oxygens (including phenoxy) is 4. The molecule has 0 spiro atoms. The Morgan fingerprint density at radius 1 is 0.266 bits per heavy atom. The zero-order chi connectivity index (χ0) is 98.4. The number of nitrogens with one attached hydrogen (secondary N) is 4. The summed E-state index contributed by atoms with van der Waals surface area (Å²) in [6.07, 6.45) is 9.40. The first-order chi connectivity index (χ1) is 66.3. The molecule has 714 valence electrons. The van der Waals surface area contributed by atoms with Gasteiger partial charge in [0.05, 0.1) is 34.1 Å². The molecular weight excluding hydrogens is 1720 g/mol. The number of thioether (sulfide) groups is 1. The lowest BCUT2D eigenvalue weighted by Gasteiger charge is -2.21. The summed E-state index contributed by atoms with van der Waals surface area (Å²) in [6, 6.07) is 107. The van der Waals surface area contributed by atoms with Crippen LogP contribution in [0.3, 0.4) is 0 Å². The molecule has 5 aliphatic rings. The first kappa shape index (κ1) is 100.0. The molecule has 16 aromatic rings. The molecule has 4 N–H and O–H groups in total. The van der Waals surface area contributed by atoms with E-state index in [9.17, 15) is 0 Å². The molecule has 0 saturated heterocycles. The average molecular weight is 1860 g/mol. The Bertz CT molecular complexity index is 6400. The molecule has 0 aliphatic carbocycles. The van der Waals surface area contributed by atoms with Crippen LogP contribution in [-0.4, -0.2) is 78.0 Å². The molecular formula is C126H140N8O4S. The van der Waals surface area contributed by atoms with Crippen LogP contribution in [0, 0.1) is 0 Å². The molecule has 12 nitrogen and oxygen atoms in total. The Balaban J connectivity index is 0.000000123. The minimum absolute atomic E-state index is 0.186. The predicted octanol–water partition coefficient (Wildman–Crippen LogP) is 32.9. The fourth-order valence-electron chi connectivity index (χ4n) is 17.1. The van der Waals surface area contributed by atoms with Gasteiger partial charge in [-0.1, -0.05) is 358 Å². The van der Waals surface area contributed by atoms with Crippen molar-refractivity contribution in [1.82, 2.24) is 19.9 Å². The maximum atomic E-state index is 5.70. The highest BCUT2D eigenvalue weighted by molar-refractivity contribution is 7.99. The van der Waals surface area contributed by atoms with Crippen LogP contribution in [0.25, 0.3) is 100.0 Å². The largest absolute Gasteiger partial charge is 0.490 e. The van der Waals surface area contributed by atoms with E-state index in [1.54, 1.807) is 24.9 Å². The number of nitrogens with zero attached hydrogens (tertiary/aromatic N) is 4. The van der Waals surface area contributed by atoms with E-state index in [-0.39, 0.29) is 37.9 Å². The van der Waals surface area contributed by atoms with E-state index in [1.165, 1.54) is 146 Å². The second-order valence-electron chi connectivity index (χ2n) is 43.7. The Kier molecular flexibility index (Phi) is 31.1. The maximum absolute atomic E-state index is 5.70. The number of benzene rings is 14. The van der Waals surface area contributed by atoms with Gasteiger partial charge in [-0.15, -0.1) is 11.8 Å². The lowest BCUT2D eigenvalue weighted by molar-refractivity contribution is 0.171. The summed E-state index contributed by atoms with van der Waals surface area (Å²) in [6.45, 7) is 52.6. The second kappa shape index (κ2) is 43.3. The van der Waals surface area contributed by atoms with Gasteiger partial charge in [-0.25, -0.2) is 4.98 Å². The third-order valence-electron chi connectivity index (χ3n) is 25.9. The summed E-state index contributed by atoms with van der Waals surface area (Å²) in [4.78, 5) is 21.8. The molecule has 0 saturated carbocycles. The van der Waals surface area contributed by atoms with Crippen molar-refractivity contribution >= 4 is 62.8 Å². The number of anilines is 3. The molecule has 14 aromatic carbocycles. The SMILES string of the molecule is CC(C)(C)c1ccc(-c2ccc3c(c2)CCCN3)cc1.CC(C)(C)c1ccc(-c2ccc3c(c2)OCC=N3)cc1.CC(C)(C)c1ccc(-c2ccc3c(c2)OCCN3)cc1.CC(C)(C)c1ccc(-c2ccc3c(c2)OCCO3)cc1.CC(C)(C)c1ccc(-c2ccc3c(c2)SCCN3)cc1.CC(C)(C)c1ccc(-c2ccc3nc[nH]c3c2)cc1.CC(C)(C)c1ccc(-c2ccc3nccnc3c2)cc1. The molecule has 0 fully saturated rings. The number of aromatic amines is 1. The normalized spacial score (nSPS) is 13.6. The van der Waals surface area contributed by atoms with Crippen molar-refractivity contribution in [2.75, 3.05) is 67.8 Å². The van der Waals surface area contributed by atoms with Crippen LogP contribution in [0.15, 0.2) is 326 Å². The molecule has 0 unspecified atom stereocenters. The van der Waals surface area contributed by atoms with E-state index in [0.29, 0.717) is 19.8 Å².